The summed E-state index contributed by atoms with van der Waals surface area (Å²) in [5.41, 5.74) is -0.489. The van der Waals surface area contributed by atoms with Gasteiger partial charge in [-0.2, -0.15) is 0 Å². The molecule has 0 bridgehead atoms. The predicted molar refractivity (Wildman–Crippen MR) is 52.6 cm³/mol. The van der Waals surface area contributed by atoms with Crippen LogP contribution < -0.4 is 0 Å². The van der Waals surface area contributed by atoms with Gasteiger partial charge in [-0.05, 0) is 13.3 Å². The van der Waals surface area contributed by atoms with Crippen LogP contribution in [0.5, 0.6) is 0 Å². The average Bonchev–Trinajstić information content (AvgIpc) is 2.61. The lowest BCUT2D eigenvalue weighted by Gasteiger charge is -2.17. The molecule has 4 heteroatoms. The van der Waals surface area contributed by atoms with Crippen molar-refractivity contribution in [1.82, 2.24) is 9.88 Å². The summed E-state index contributed by atoms with van der Waals surface area (Å²) in [6, 6.07) is 0. The SMILES string of the molecule is CC1(O)CCN(Cc2nccs2)C1. The van der Waals surface area contributed by atoms with Gasteiger partial charge in [0.2, 0.25) is 0 Å². The molecule has 0 spiro atoms. The van der Waals surface area contributed by atoms with E-state index in [1.54, 1.807) is 11.3 Å². The molecule has 1 saturated heterocycles. The highest BCUT2D eigenvalue weighted by atomic mass is 32.1. The van der Waals surface area contributed by atoms with Crippen molar-refractivity contribution < 1.29 is 5.11 Å². The van der Waals surface area contributed by atoms with Gasteiger partial charge >= 0.3 is 0 Å². The van der Waals surface area contributed by atoms with Crippen molar-refractivity contribution in [2.24, 2.45) is 0 Å². The van der Waals surface area contributed by atoms with E-state index in [1.165, 1.54) is 0 Å². The Hall–Kier alpha value is -0.450. The van der Waals surface area contributed by atoms with Gasteiger partial charge in [-0.1, -0.05) is 0 Å². The van der Waals surface area contributed by atoms with Crippen molar-refractivity contribution in [2.75, 3.05) is 13.1 Å². The van der Waals surface area contributed by atoms with Gasteiger partial charge in [-0.15, -0.1) is 11.3 Å². The van der Waals surface area contributed by atoms with Crippen LogP contribution in [-0.2, 0) is 6.54 Å². The van der Waals surface area contributed by atoms with Crippen LogP contribution in [0.25, 0.3) is 0 Å². The molecule has 0 aliphatic carbocycles. The molecule has 0 amide bonds. The summed E-state index contributed by atoms with van der Waals surface area (Å²) in [6.07, 6.45) is 2.70. The zero-order chi connectivity index (χ0) is 9.31. The number of aliphatic hydroxyl groups is 1. The minimum atomic E-state index is -0.489. The maximum Gasteiger partial charge on any atom is 0.107 e. The third-order valence-electron chi connectivity index (χ3n) is 2.37. The molecule has 1 aromatic rings. The number of hydrogen-bond donors (Lipinski definition) is 1. The largest absolute Gasteiger partial charge is 0.389 e. The molecule has 0 aromatic carbocycles. The minimum absolute atomic E-state index is 0.489. The molecule has 1 aliphatic heterocycles. The Labute approximate surface area is 82.0 Å². The average molecular weight is 198 g/mol. The van der Waals surface area contributed by atoms with Gasteiger partial charge in [0.15, 0.2) is 0 Å². The number of β-amino-alcohol motifs (C(OH)–C–C–N with tert-alkyl or cyclic N) is 1. The Kier molecular flexibility index (Phi) is 2.36. The van der Waals surface area contributed by atoms with E-state index in [9.17, 15) is 5.11 Å². The summed E-state index contributed by atoms with van der Waals surface area (Å²) in [4.78, 5) is 6.47. The van der Waals surface area contributed by atoms with Crippen LogP contribution in [0, 0.1) is 0 Å². The molecule has 1 aromatic heterocycles. The van der Waals surface area contributed by atoms with Crippen LogP contribution in [0.2, 0.25) is 0 Å². The summed E-state index contributed by atoms with van der Waals surface area (Å²) in [5, 5.41) is 12.9. The zero-order valence-corrected chi connectivity index (χ0v) is 8.55. The van der Waals surface area contributed by atoms with Crippen molar-refractivity contribution >= 4 is 11.3 Å². The lowest BCUT2D eigenvalue weighted by atomic mass is 10.1. The predicted octanol–water partition coefficient (Wildman–Crippen LogP) is 1.10. The molecule has 1 aliphatic rings. The first kappa shape index (κ1) is 9.12. The van der Waals surface area contributed by atoms with E-state index in [-0.39, 0.29) is 0 Å². The molecule has 13 heavy (non-hydrogen) atoms. The molecule has 1 fully saturated rings. The number of thiazole rings is 1. The van der Waals surface area contributed by atoms with E-state index in [0.717, 1.165) is 31.1 Å². The normalized spacial score (nSPS) is 29.7. The van der Waals surface area contributed by atoms with Gasteiger partial charge in [0.25, 0.3) is 0 Å². The first-order valence-corrected chi connectivity index (χ1v) is 5.37. The Morgan fingerprint density at radius 3 is 3.15 bits per heavy atom. The molecular formula is C9H14N2OS. The number of likely N-dealkylation sites (tertiary alicyclic amines) is 1. The Balaban J connectivity index is 1.91. The van der Waals surface area contributed by atoms with Crippen molar-refractivity contribution in [1.29, 1.82) is 0 Å². The first-order chi connectivity index (χ1) is 6.16. The lowest BCUT2D eigenvalue weighted by molar-refractivity contribution is 0.0679. The number of rotatable bonds is 2. The van der Waals surface area contributed by atoms with Crippen LogP contribution in [0.1, 0.15) is 18.4 Å². The van der Waals surface area contributed by atoms with Gasteiger partial charge in [0.1, 0.15) is 5.01 Å². The molecule has 1 unspecified atom stereocenters. The van der Waals surface area contributed by atoms with Crippen molar-refractivity contribution in [2.45, 2.75) is 25.5 Å². The van der Waals surface area contributed by atoms with E-state index in [4.69, 9.17) is 0 Å². The standard InChI is InChI=1S/C9H14N2OS/c1-9(12)2-4-11(7-9)6-8-10-3-5-13-8/h3,5,12H,2,4,6-7H2,1H3. The van der Waals surface area contributed by atoms with Crippen molar-refractivity contribution in [3.63, 3.8) is 0 Å². The molecule has 0 saturated carbocycles. The number of aromatic nitrogens is 1. The smallest absolute Gasteiger partial charge is 0.107 e. The Bertz CT molecular complexity index is 271. The lowest BCUT2D eigenvalue weighted by Crippen LogP contribution is -2.29. The fourth-order valence-electron chi connectivity index (χ4n) is 1.70. The second kappa shape index (κ2) is 3.36. The fourth-order valence-corrected chi connectivity index (χ4v) is 2.35. The highest BCUT2D eigenvalue weighted by Gasteiger charge is 2.31. The van der Waals surface area contributed by atoms with Gasteiger partial charge in [0.05, 0.1) is 12.1 Å². The van der Waals surface area contributed by atoms with Crippen LogP contribution in [0.15, 0.2) is 11.6 Å². The van der Waals surface area contributed by atoms with E-state index in [2.05, 4.69) is 9.88 Å². The van der Waals surface area contributed by atoms with Crippen molar-refractivity contribution in [3.8, 4) is 0 Å². The number of nitrogens with zero attached hydrogens (tertiary/aromatic N) is 2. The number of hydrogen-bond acceptors (Lipinski definition) is 4. The Morgan fingerprint density at radius 2 is 2.62 bits per heavy atom. The van der Waals surface area contributed by atoms with Crippen molar-refractivity contribution in [3.05, 3.63) is 16.6 Å². The quantitative estimate of drug-likeness (QED) is 0.773. The summed E-state index contributed by atoms with van der Waals surface area (Å²) in [6.45, 7) is 4.53. The summed E-state index contributed by atoms with van der Waals surface area (Å²) >= 11 is 1.68. The third kappa shape index (κ3) is 2.27. The second-order valence-electron chi connectivity index (χ2n) is 3.88. The Morgan fingerprint density at radius 1 is 1.77 bits per heavy atom. The summed E-state index contributed by atoms with van der Waals surface area (Å²) < 4.78 is 0. The maximum atomic E-state index is 9.73. The van der Waals surface area contributed by atoms with Gasteiger partial charge in [-0.3, -0.25) is 4.90 Å². The first-order valence-electron chi connectivity index (χ1n) is 4.49. The molecule has 1 atom stereocenters. The molecule has 2 heterocycles. The van der Waals surface area contributed by atoms with E-state index < -0.39 is 5.60 Å². The van der Waals surface area contributed by atoms with Gasteiger partial charge in [0, 0.05) is 24.7 Å². The molecule has 2 rings (SSSR count). The maximum absolute atomic E-state index is 9.73. The van der Waals surface area contributed by atoms with Gasteiger partial charge < -0.3 is 5.11 Å². The zero-order valence-electron chi connectivity index (χ0n) is 7.73. The fraction of sp³-hybridized carbons (Fsp3) is 0.667. The highest BCUT2D eigenvalue weighted by Crippen LogP contribution is 2.22. The topological polar surface area (TPSA) is 36.4 Å². The van der Waals surface area contributed by atoms with E-state index in [0.29, 0.717) is 0 Å². The third-order valence-corrected chi connectivity index (χ3v) is 3.14. The molecule has 3 nitrogen and oxygen atoms in total. The van der Waals surface area contributed by atoms with Crippen LogP contribution >= 0.6 is 11.3 Å². The second-order valence-corrected chi connectivity index (χ2v) is 4.86. The molecule has 0 radical (unpaired) electrons. The minimum Gasteiger partial charge on any atom is -0.389 e. The van der Waals surface area contributed by atoms with Crippen LogP contribution in [0.3, 0.4) is 0 Å². The highest BCUT2D eigenvalue weighted by molar-refractivity contribution is 7.09. The van der Waals surface area contributed by atoms with E-state index in [1.807, 2.05) is 18.5 Å². The summed E-state index contributed by atoms with van der Waals surface area (Å²) in [7, 11) is 0. The van der Waals surface area contributed by atoms with Crippen LogP contribution in [-0.4, -0.2) is 33.7 Å². The monoisotopic (exact) mass is 198 g/mol. The van der Waals surface area contributed by atoms with Crippen LogP contribution in [0.4, 0.5) is 0 Å². The summed E-state index contributed by atoms with van der Waals surface area (Å²) in [5.74, 6) is 0. The van der Waals surface area contributed by atoms with Gasteiger partial charge in [-0.25, -0.2) is 4.98 Å². The molecule has 1 N–H and O–H groups in total. The van der Waals surface area contributed by atoms with E-state index >= 15 is 0 Å². The molecule has 72 valence electrons. The molecular weight excluding hydrogens is 184 g/mol.